The second-order valence-corrected chi connectivity index (χ2v) is 6.05. The lowest BCUT2D eigenvalue weighted by molar-refractivity contribution is -0.116. The third kappa shape index (κ3) is 2.24. The molecule has 1 aromatic heterocycles. The minimum Gasteiger partial charge on any atom is -0.464 e. The van der Waals surface area contributed by atoms with Gasteiger partial charge in [0.15, 0.2) is 11.2 Å². The van der Waals surface area contributed by atoms with Crippen LogP contribution in [0.15, 0.2) is 62.5 Å². The molecule has 2 aliphatic rings. The number of rotatable bonds is 1. The van der Waals surface area contributed by atoms with Gasteiger partial charge in [-0.05, 0) is 18.6 Å². The molecule has 0 unspecified atom stereocenters. The summed E-state index contributed by atoms with van der Waals surface area (Å²) in [5.41, 5.74) is 6.70. The van der Waals surface area contributed by atoms with Gasteiger partial charge in [-0.1, -0.05) is 12.1 Å². The van der Waals surface area contributed by atoms with Gasteiger partial charge in [0, 0.05) is 24.0 Å². The zero-order valence-electron chi connectivity index (χ0n) is 13.2. The number of para-hydroxylation sites is 1. The van der Waals surface area contributed by atoms with Gasteiger partial charge in [0.2, 0.25) is 5.88 Å². The van der Waals surface area contributed by atoms with E-state index in [1.54, 1.807) is 24.3 Å². The highest BCUT2D eigenvalue weighted by Crippen LogP contribution is 2.42. The number of Topliss-reactive ketones (excluding diaryl/α,β-unsaturated/α-hetero) is 1. The maximum atomic E-state index is 13.0. The van der Waals surface area contributed by atoms with Gasteiger partial charge in [-0.25, -0.2) is 0 Å². The molecular weight excluding hydrogens is 320 g/mol. The Balaban J connectivity index is 2.01. The van der Waals surface area contributed by atoms with Gasteiger partial charge in [0.05, 0.1) is 17.6 Å². The van der Waals surface area contributed by atoms with Crippen molar-refractivity contribution in [2.24, 2.45) is 5.73 Å². The van der Waals surface area contributed by atoms with Crippen molar-refractivity contribution in [3.8, 4) is 6.07 Å². The molecule has 0 amide bonds. The summed E-state index contributed by atoms with van der Waals surface area (Å²) in [4.78, 5) is 25.5. The molecular formula is C19H14N2O4. The van der Waals surface area contributed by atoms with Crippen LogP contribution in [0.3, 0.4) is 0 Å². The smallest absolute Gasteiger partial charge is 0.205 e. The molecule has 0 radical (unpaired) electrons. The Morgan fingerprint density at radius 3 is 2.80 bits per heavy atom. The number of carbonyl (C=O) groups is 1. The first kappa shape index (κ1) is 15.2. The highest BCUT2D eigenvalue weighted by atomic mass is 16.5. The maximum absolute atomic E-state index is 13.0. The van der Waals surface area contributed by atoms with Crippen LogP contribution in [0.1, 0.15) is 30.7 Å². The van der Waals surface area contributed by atoms with E-state index in [4.69, 9.17) is 14.9 Å². The van der Waals surface area contributed by atoms with Crippen molar-refractivity contribution in [3.05, 3.63) is 69.1 Å². The van der Waals surface area contributed by atoms with Gasteiger partial charge in [0.25, 0.3) is 0 Å². The Labute approximate surface area is 142 Å². The van der Waals surface area contributed by atoms with Crippen LogP contribution >= 0.6 is 0 Å². The summed E-state index contributed by atoms with van der Waals surface area (Å²) in [5, 5.41) is 9.94. The largest absolute Gasteiger partial charge is 0.464 e. The first-order chi connectivity index (χ1) is 12.1. The lowest BCUT2D eigenvalue weighted by Gasteiger charge is -2.30. The predicted octanol–water partition coefficient (Wildman–Crippen LogP) is 2.61. The molecule has 0 bridgehead atoms. The number of hydrogen-bond acceptors (Lipinski definition) is 6. The Morgan fingerprint density at radius 1 is 1.20 bits per heavy atom. The number of ether oxygens (including phenoxy) is 1. The molecule has 2 N–H and O–H groups in total. The lowest BCUT2D eigenvalue weighted by atomic mass is 9.78. The van der Waals surface area contributed by atoms with E-state index in [9.17, 15) is 14.9 Å². The number of ketones is 1. The van der Waals surface area contributed by atoms with Crippen molar-refractivity contribution in [2.75, 3.05) is 0 Å². The average Bonchev–Trinajstić information content (AvgIpc) is 2.61. The maximum Gasteiger partial charge on any atom is 0.205 e. The number of nitrogens with zero attached hydrogens (tertiary/aromatic N) is 1. The van der Waals surface area contributed by atoms with Crippen molar-refractivity contribution in [1.29, 1.82) is 5.26 Å². The SMILES string of the molecule is N#CC1=C(N)OC2=C(C(=O)CCC2)[C@H]1c1coc2ccccc2c1=O. The molecule has 4 rings (SSSR count). The molecule has 1 atom stereocenters. The molecule has 1 aliphatic heterocycles. The number of allylic oxidation sites excluding steroid dienone is 3. The van der Waals surface area contributed by atoms with Crippen LogP contribution in [-0.4, -0.2) is 5.78 Å². The molecule has 1 aliphatic carbocycles. The van der Waals surface area contributed by atoms with Crippen LogP contribution in [-0.2, 0) is 9.53 Å². The Morgan fingerprint density at radius 2 is 2.00 bits per heavy atom. The summed E-state index contributed by atoms with van der Waals surface area (Å²) in [6.45, 7) is 0. The fourth-order valence-electron chi connectivity index (χ4n) is 3.46. The third-order valence-corrected chi connectivity index (χ3v) is 4.62. The van der Waals surface area contributed by atoms with Gasteiger partial charge in [-0.2, -0.15) is 5.26 Å². The van der Waals surface area contributed by atoms with Crippen molar-refractivity contribution >= 4 is 16.8 Å². The highest BCUT2D eigenvalue weighted by molar-refractivity contribution is 5.99. The zero-order chi connectivity index (χ0) is 17.6. The minimum atomic E-state index is -0.845. The number of carbonyl (C=O) groups excluding carboxylic acids is 1. The van der Waals surface area contributed by atoms with Crippen molar-refractivity contribution in [2.45, 2.75) is 25.2 Å². The van der Waals surface area contributed by atoms with Gasteiger partial charge >= 0.3 is 0 Å². The average molecular weight is 334 g/mol. The van der Waals surface area contributed by atoms with Gasteiger partial charge < -0.3 is 14.9 Å². The second-order valence-electron chi connectivity index (χ2n) is 6.05. The number of nitrogens with two attached hydrogens (primary N) is 1. The fourth-order valence-corrected chi connectivity index (χ4v) is 3.46. The van der Waals surface area contributed by atoms with Gasteiger partial charge in [-0.3, -0.25) is 9.59 Å². The first-order valence-corrected chi connectivity index (χ1v) is 7.96. The molecule has 0 saturated carbocycles. The van der Waals surface area contributed by atoms with Crippen LogP contribution in [0.25, 0.3) is 11.0 Å². The second kappa shape index (κ2) is 5.64. The minimum absolute atomic E-state index is 0.0616. The highest BCUT2D eigenvalue weighted by Gasteiger charge is 2.39. The van der Waals surface area contributed by atoms with Crippen LogP contribution in [0.2, 0.25) is 0 Å². The van der Waals surface area contributed by atoms with Crippen LogP contribution in [0.4, 0.5) is 0 Å². The molecule has 25 heavy (non-hydrogen) atoms. The Bertz CT molecular complexity index is 1070. The normalized spacial score (nSPS) is 20.3. The van der Waals surface area contributed by atoms with Crippen LogP contribution < -0.4 is 11.2 Å². The molecule has 6 heteroatoms. The van der Waals surface area contributed by atoms with E-state index in [1.807, 2.05) is 6.07 Å². The van der Waals surface area contributed by atoms with E-state index >= 15 is 0 Å². The summed E-state index contributed by atoms with van der Waals surface area (Å²) in [7, 11) is 0. The summed E-state index contributed by atoms with van der Waals surface area (Å²) in [5.74, 6) is -0.583. The Kier molecular flexibility index (Phi) is 3.43. The molecule has 6 nitrogen and oxygen atoms in total. The molecule has 124 valence electrons. The standard InChI is InChI=1S/C19H14N2O4/c20-8-11-16(17-13(22)5-3-7-15(17)25-19(11)21)12-9-24-14-6-2-1-4-10(14)18(12)23/h1-2,4,6,9,16H,3,5,7,21H2/t16-/m1/s1. The van der Waals surface area contributed by atoms with E-state index < -0.39 is 5.92 Å². The zero-order valence-corrected chi connectivity index (χ0v) is 13.2. The number of fused-ring (bicyclic) bond motifs is 1. The van der Waals surface area contributed by atoms with Gasteiger partial charge in [-0.15, -0.1) is 0 Å². The van der Waals surface area contributed by atoms with E-state index in [0.29, 0.717) is 41.6 Å². The third-order valence-electron chi connectivity index (χ3n) is 4.62. The summed E-state index contributed by atoms with van der Waals surface area (Å²) in [6, 6.07) is 8.84. The van der Waals surface area contributed by atoms with Crippen LogP contribution in [0, 0.1) is 11.3 Å². The first-order valence-electron chi connectivity index (χ1n) is 7.96. The molecule has 1 aromatic carbocycles. The number of benzene rings is 1. The van der Waals surface area contributed by atoms with E-state index in [2.05, 4.69) is 0 Å². The van der Waals surface area contributed by atoms with Crippen molar-refractivity contribution in [3.63, 3.8) is 0 Å². The summed E-state index contributed by atoms with van der Waals surface area (Å²) in [6.07, 6.45) is 2.88. The molecule has 0 spiro atoms. The van der Waals surface area contributed by atoms with E-state index in [1.165, 1.54) is 6.26 Å². The molecule has 0 saturated heterocycles. The van der Waals surface area contributed by atoms with Crippen LogP contribution in [0.5, 0.6) is 0 Å². The van der Waals surface area contributed by atoms with Gasteiger partial charge in [0.1, 0.15) is 23.0 Å². The van der Waals surface area contributed by atoms with Crippen molar-refractivity contribution in [1.82, 2.24) is 0 Å². The molecule has 2 aromatic rings. The summed E-state index contributed by atoms with van der Waals surface area (Å²) >= 11 is 0. The number of nitriles is 1. The summed E-state index contributed by atoms with van der Waals surface area (Å²) < 4.78 is 11.1. The van der Waals surface area contributed by atoms with Crippen molar-refractivity contribution < 1.29 is 13.9 Å². The molecule has 0 fully saturated rings. The lowest BCUT2D eigenvalue weighted by Crippen LogP contribution is -2.30. The van der Waals surface area contributed by atoms with E-state index in [-0.39, 0.29) is 28.2 Å². The van der Waals surface area contributed by atoms with E-state index in [0.717, 1.165) is 0 Å². The quantitative estimate of drug-likeness (QED) is 0.859. The molecule has 2 heterocycles. The topological polar surface area (TPSA) is 106 Å². The Hall–Kier alpha value is -3.33. The predicted molar refractivity (Wildman–Crippen MR) is 89.0 cm³/mol. The fraction of sp³-hybridized carbons (Fsp3) is 0.211. The number of hydrogen-bond donors (Lipinski definition) is 1. The monoisotopic (exact) mass is 334 g/mol.